The van der Waals surface area contributed by atoms with Crippen molar-refractivity contribution >= 4 is 5.97 Å². The number of nitriles is 1. The van der Waals surface area contributed by atoms with E-state index in [9.17, 15) is 4.79 Å². The van der Waals surface area contributed by atoms with Crippen LogP contribution in [0.5, 0.6) is 5.75 Å². The third kappa shape index (κ3) is 5.71. The summed E-state index contributed by atoms with van der Waals surface area (Å²) >= 11 is 0. The van der Waals surface area contributed by atoms with E-state index < -0.39 is 0 Å². The van der Waals surface area contributed by atoms with Gasteiger partial charge in [-0.3, -0.25) is 4.79 Å². The molecule has 3 saturated carbocycles. The zero-order chi connectivity index (χ0) is 21.6. The molecule has 4 atom stereocenters. The molecule has 0 aromatic heterocycles. The van der Waals surface area contributed by atoms with Gasteiger partial charge in [-0.05, 0) is 112 Å². The predicted molar refractivity (Wildman–Crippen MR) is 123 cm³/mol. The third-order valence-electron chi connectivity index (χ3n) is 8.70. The summed E-state index contributed by atoms with van der Waals surface area (Å²) in [4.78, 5) is 12.6. The topological polar surface area (TPSA) is 50.1 Å². The zero-order valence-electron chi connectivity index (χ0n) is 19.2. The first kappa shape index (κ1) is 22.4. The maximum Gasteiger partial charge on any atom is 0.314 e. The van der Waals surface area contributed by atoms with Gasteiger partial charge in [0.1, 0.15) is 5.75 Å². The number of carbonyl (C=O) groups is 1. The standard InChI is InChI=1S/C28H39NO2/c1-2-3-4-20-5-8-26-18-25(14-13-24(26)17-20)22-9-11-23(12-10-22)28(30)31-27-15-6-21(19-29)7-16-27/h6-7,15-16,20,22-26H,2-5,8-14,17-18H2,1H3. The van der Waals surface area contributed by atoms with Crippen molar-refractivity contribution in [3.8, 4) is 11.8 Å². The first-order valence-electron chi connectivity index (χ1n) is 12.9. The van der Waals surface area contributed by atoms with Crippen LogP contribution < -0.4 is 4.74 Å². The molecule has 0 spiro atoms. The van der Waals surface area contributed by atoms with E-state index in [2.05, 4.69) is 13.0 Å². The molecule has 0 aliphatic heterocycles. The number of esters is 1. The Hall–Kier alpha value is -1.82. The predicted octanol–water partition coefficient (Wildman–Crippen LogP) is 7.29. The average Bonchev–Trinajstić information content (AvgIpc) is 2.83. The SMILES string of the molecule is CCCCC1CCC2CC(C3CCC(C(=O)Oc4ccc(C#N)cc4)CC3)CCC2C1. The van der Waals surface area contributed by atoms with E-state index in [0.717, 1.165) is 42.4 Å². The number of nitrogens with zero attached hydrogens (tertiary/aromatic N) is 1. The molecule has 0 bridgehead atoms. The van der Waals surface area contributed by atoms with Crippen LogP contribution in [0.1, 0.15) is 96.0 Å². The van der Waals surface area contributed by atoms with Crippen molar-refractivity contribution in [1.29, 1.82) is 5.26 Å². The van der Waals surface area contributed by atoms with Crippen LogP contribution in [-0.2, 0) is 4.79 Å². The molecule has 0 N–H and O–H groups in total. The molecule has 1 aromatic rings. The lowest BCUT2D eigenvalue weighted by molar-refractivity contribution is -0.140. The number of benzene rings is 1. The largest absolute Gasteiger partial charge is 0.426 e. The summed E-state index contributed by atoms with van der Waals surface area (Å²) in [5, 5.41) is 8.90. The van der Waals surface area contributed by atoms with Crippen LogP contribution in [0.3, 0.4) is 0 Å². The van der Waals surface area contributed by atoms with E-state index in [1.54, 1.807) is 24.3 Å². The van der Waals surface area contributed by atoms with Crippen LogP contribution in [-0.4, -0.2) is 5.97 Å². The number of ether oxygens (including phenoxy) is 1. The number of carbonyl (C=O) groups excluding carboxylic acids is 1. The number of hydrogen-bond acceptors (Lipinski definition) is 3. The fourth-order valence-electron chi connectivity index (χ4n) is 6.83. The summed E-state index contributed by atoms with van der Waals surface area (Å²) in [6, 6.07) is 8.94. The minimum Gasteiger partial charge on any atom is -0.426 e. The fourth-order valence-corrected chi connectivity index (χ4v) is 6.83. The van der Waals surface area contributed by atoms with Crippen molar-refractivity contribution in [3.63, 3.8) is 0 Å². The summed E-state index contributed by atoms with van der Waals surface area (Å²) < 4.78 is 5.59. The Bertz CT molecular complexity index is 756. The zero-order valence-corrected chi connectivity index (χ0v) is 19.2. The van der Waals surface area contributed by atoms with Crippen molar-refractivity contribution in [2.24, 2.45) is 35.5 Å². The Kier molecular flexibility index (Phi) is 7.70. The van der Waals surface area contributed by atoms with E-state index in [1.165, 1.54) is 70.6 Å². The highest BCUT2D eigenvalue weighted by Crippen LogP contribution is 2.49. The van der Waals surface area contributed by atoms with Gasteiger partial charge in [-0.1, -0.05) is 32.6 Å². The van der Waals surface area contributed by atoms with E-state index in [1.807, 2.05) is 0 Å². The lowest BCUT2D eigenvalue weighted by Crippen LogP contribution is -2.35. The second-order valence-corrected chi connectivity index (χ2v) is 10.6. The molecule has 3 aliphatic carbocycles. The van der Waals surface area contributed by atoms with Crippen molar-refractivity contribution < 1.29 is 9.53 Å². The van der Waals surface area contributed by atoms with Crippen molar-refractivity contribution in [3.05, 3.63) is 29.8 Å². The van der Waals surface area contributed by atoms with Crippen LogP contribution in [0.4, 0.5) is 0 Å². The van der Waals surface area contributed by atoms with Gasteiger partial charge < -0.3 is 4.74 Å². The van der Waals surface area contributed by atoms with Gasteiger partial charge in [-0.15, -0.1) is 0 Å². The summed E-state index contributed by atoms with van der Waals surface area (Å²) in [6.45, 7) is 2.32. The first-order chi connectivity index (χ1) is 15.2. The lowest BCUT2D eigenvalue weighted by Gasteiger charge is -2.45. The second-order valence-electron chi connectivity index (χ2n) is 10.6. The van der Waals surface area contributed by atoms with Gasteiger partial charge in [0, 0.05) is 0 Å². The van der Waals surface area contributed by atoms with Gasteiger partial charge in [0.05, 0.1) is 17.6 Å². The van der Waals surface area contributed by atoms with E-state index in [4.69, 9.17) is 10.00 Å². The molecule has 3 heteroatoms. The highest BCUT2D eigenvalue weighted by atomic mass is 16.5. The summed E-state index contributed by atoms with van der Waals surface area (Å²) in [7, 11) is 0. The molecular weight excluding hydrogens is 382 g/mol. The minimum atomic E-state index is -0.0859. The molecule has 4 unspecified atom stereocenters. The minimum absolute atomic E-state index is 0.0391. The molecule has 168 valence electrons. The van der Waals surface area contributed by atoms with Crippen molar-refractivity contribution in [2.75, 3.05) is 0 Å². The van der Waals surface area contributed by atoms with Crippen molar-refractivity contribution in [2.45, 2.75) is 90.4 Å². The van der Waals surface area contributed by atoms with Crippen LogP contribution in [0.2, 0.25) is 0 Å². The lowest BCUT2D eigenvalue weighted by atomic mass is 9.60. The summed E-state index contributed by atoms with van der Waals surface area (Å²) in [5.74, 6) is 5.21. The molecule has 0 heterocycles. The Balaban J connectivity index is 1.21. The van der Waals surface area contributed by atoms with Crippen LogP contribution in [0, 0.1) is 46.8 Å². The Morgan fingerprint density at radius 3 is 2.19 bits per heavy atom. The van der Waals surface area contributed by atoms with Gasteiger partial charge in [0.15, 0.2) is 0 Å². The Morgan fingerprint density at radius 1 is 0.903 bits per heavy atom. The molecule has 3 nitrogen and oxygen atoms in total. The summed E-state index contributed by atoms with van der Waals surface area (Å²) in [5.41, 5.74) is 0.587. The Labute approximate surface area is 188 Å². The molecule has 31 heavy (non-hydrogen) atoms. The molecule has 4 rings (SSSR count). The normalized spacial score (nSPS) is 33.2. The van der Waals surface area contributed by atoms with Crippen LogP contribution in [0.25, 0.3) is 0 Å². The number of rotatable bonds is 6. The molecular formula is C28H39NO2. The van der Waals surface area contributed by atoms with Gasteiger partial charge in [0.2, 0.25) is 0 Å². The summed E-state index contributed by atoms with van der Waals surface area (Å²) in [6.07, 6.45) is 17.3. The molecule has 0 amide bonds. The maximum atomic E-state index is 12.6. The fraction of sp³-hybridized carbons (Fsp3) is 0.714. The first-order valence-corrected chi connectivity index (χ1v) is 12.9. The van der Waals surface area contributed by atoms with Crippen LogP contribution in [0.15, 0.2) is 24.3 Å². The Morgan fingerprint density at radius 2 is 1.52 bits per heavy atom. The second kappa shape index (κ2) is 10.7. The van der Waals surface area contributed by atoms with Crippen molar-refractivity contribution in [1.82, 2.24) is 0 Å². The quantitative estimate of drug-likeness (QED) is 0.358. The third-order valence-corrected chi connectivity index (χ3v) is 8.70. The number of unbranched alkanes of at least 4 members (excludes halogenated alkanes) is 1. The number of fused-ring (bicyclic) bond motifs is 1. The van der Waals surface area contributed by atoms with Crippen LogP contribution >= 0.6 is 0 Å². The molecule has 3 fully saturated rings. The van der Waals surface area contributed by atoms with Gasteiger partial charge in [-0.2, -0.15) is 5.26 Å². The van der Waals surface area contributed by atoms with E-state index >= 15 is 0 Å². The van der Waals surface area contributed by atoms with E-state index in [0.29, 0.717) is 11.3 Å². The van der Waals surface area contributed by atoms with Gasteiger partial charge in [0.25, 0.3) is 0 Å². The van der Waals surface area contributed by atoms with Gasteiger partial charge in [-0.25, -0.2) is 0 Å². The highest BCUT2D eigenvalue weighted by Gasteiger charge is 2.39. The number of hydrogen-bond donors (Lipinski definition) is 0. The highest BCUT2D eigenvalue weighted by molar-refractivity contribution is 5.75. The van der Waals surface area contributed by atoms with Gasteiger partial charge >= 0.3 is 5.97 Å². The monoisotopic (exact) mass is 421 g/mol. The molecule has 1 aromatic carbocycles. The smallest absolute Gasteiger partial charge is 0.314 e. The maximum absolute atomic E-state index is 12.6. The van der Waals surface area contributed by atoms with E-state index in [-0.39, 0.29) is 11.9 Å². The molecule has 0 saturated heterocycles. The molecule has 0 radical (unpaired) electrons. The molecule has 3 aliphatic rings. The average molecular weight is 422 g/mol.